The predicted octanol–water partition coefficient (Wildman–Crippen LogP) is 5.04. The quantitative estimate of drug-likeness (QED) is 0.400. The van der Waals surface area contributed by atoms with Gasteiger partial charge in [-0.1, -0.05) is 42.1 Å². The molecule has 1 aliphatic rings. The molecule has 2 N–H and O–H groups in total. The first-order chi connectivity index (χ1) is 15.9. The van der Waals surface area contributed by atoms with Crippen molar-refractivity contribution in [1.82, 2.24) is 5.32 Å². The number of halogens is 1. The largest absolute Gasteiger partial charge is 0.468 e. The van der Waals surface area contributed by atoms with Gasteiger partial charge in [-0.05, 0) is 43.7 Å². The molecule has 1 amide bonds. The first-order valence-corrected chi connectivity index (χ1v) is 11.3. The predicted molar refractivity (Wildman–Crippen MR) is 128 cm³/mol. The number of hydrogen-bond donors (Lipinski definition) is 2. The molecule has 0 bridgehead atoms. The number of amides is 1. The topological polar surface area (TPSA) is 104 Å². The summed E-state index contributed by atoms with van der Waals surface area (Å²) in [5.41, 5.74) is 2.43. The Morgan fingerprint density at radius 2 is 2.15 bits per heavy atom. The number of ether oxygens (including phenoxy) is 1. The number of rotatable bonds is 8. The van der Waals surface area contributed by atoms with Crippen molar-refractivity contribution in [2.45, 2.75) is 19.8 Å². The number of nitrogens with one attached hydrogen (secondary N) is 2. The van der Waals surface area contributed by atoms with Crippen LogP contribution in [0.3, 0.4) is 0 Å². The molecule has 0 saturated heterocycles. The van der Waals surface area contributed by atoms with E-state index in [-0.39, 0.29) is 29.4 Å². The van der Waals surface area contributed by atoms with Crippen molar-refractivity contribution in [3.8, 4) is 6.07 Å². The van der Waals surface area contributed by atoms with E-state index >= 15 is 0 Å². The molecule has 170 valence electrons. The Balaban J connectivity index is 1.85. The zero-order valence-electron chi connectivity index (χ0n) is 18.1. The third kappa shape index (κ3) is 5.51. The molecule has 0 unspecified atom stereocenters. The summed E-state index contributed by atoms with van der Waals surface area (Å²) in [6.45, 7) is 7.12. The van der Waals surface area contributed by atoms with E-state index in [9.17, 15) is 14.9 Å². The van der Waals surface area contributed by atoms with E-state index in [1.807, 2.05) is 6.92 Å². The van der Waals surface area contributed by atoms with Gasteiger partial charge in [-0.2, -0.15) is 5.26 Å². The Labute approximate surface area is 201 Å². The van der Waals surface area contributed by atoms with Crippen LogP contribution in [0.2, 0.25) is 5.02 Å². The molecular formula is C24H22ClN3O4S. The molecule has 7 nitrogen and oxygen atoms in total. The summed E-state index contributed by atoms with van der Waals surface area (Å²) < 4.78 is 10.8. The van der Waals surface area contributed by atoms with Gasteiger partial charge in [0.15, 0.2) is 0 Å². The van der Waals surface area contributed by atoms with Crippen molar-refractivity contribution in [3.63, 3.8) is 0 Å². The van der Waals surface area contributed by atoms with E-state index in [1.165, 1.54) is 12.3 Å². The summed E-state index contributed by atoms with van der Waals surface area (Å²) >= 11 is 7.28. The van der Waals surface area contributed by atoms with Crippen molar-refractivity contribution < 1.29 is 18.7 Å². The normalized spacial score (nSPS) is 15.5. The zero-order valence-corrected chi connectivity index (χ0v) is 19.7. The maximum Gasteiger partial charge on any atom is 0.337 e. The van der Waals surface area contributed by atoms with Crippen molar-refractivity contribution in [2.75, 3.05) is 17.7 Å². The Morgan fingerprint density at radius 3 is 2.82 bits per heavy atom. The summed E-state index contributed by atoms with van der Waals surface area (Å²) in [7, 11) is 0. The molecule has 0 aliphatic carbocycles. The minimum absolute atomic E-state index is 0.0356. The number of thioether (sulfide) groups is 1. The van der Waals surface area contributed by atoms with Gasteiger partial charge in [0, 0.05) is 16.4 Å². The van der Waals surface area contributed by atoms with E-state index in [0.717, 1.165) is 17.3 Å². The fourth-order valence-corrected chi connectivity index (χ4v) is 4.38. The third-order valence-corrected chi connectivity index (χ3v) is 6.34. The lowest BCUT2D eigenvalue weighted by Gasteiger charge is -2.27. The van der Waals surface area contributed by atoms with Crippen molar-refractivity contribution in [3.05, 3.63) is 87.5 Å². The van der Waals surface area contributed by atoms with Crippen LogP contribution in [-0.2, 0) is 14.3 Å². The molecule has 0 spiro atoms. The van der Waals surface area contributed by atoms with Gasteiger partial charge in [0.25, 0.3) is 0 Å². The van der Waals surface area contributed by atoms with E-state index in [2.05, 4.69) is 23.3 Å². The van der Waals surface area contributed by atoms with Crippen LogP contribution in [0.4, 0.5) is 5.69 Å². The molecular weight excluding hydrogens is 462 g/mol. The highest BCUT2D eigenvalue weighted by Crippen LogP contribution is 2.41. The van der Waals surface area contributed by atoms with Crippen LogP contribution in [0, 0.1) is 18.3 Å². The summed E-state index contributed by atoms with van der Waals surface area (Å²) in [5.74, 6) is -1.13. The molecule has 0 radical (unpaired) electrons. The number of carbonyl (C=O) groups excluding carboxylic acids is 2. The van der Waals surface area contributed by atoms with Crippen LogP contribution in [0.25, 0.3) is 0 Å². The second-order valence-corrected chi connectivity index (χ2v) is 8.50. The molecule has 1 atom stereocenters. The van der Waals surface area contributed by atoms with Gasteiger partial charge in [-0.3, -0.25) is 4.79 Å². The van der Waals surface area contributed by atoms with Gasteiger partial charge >= 0.3 is 5.97 Å². The number of anilines is 1. The minimum Gasteiger partial charge on any atom is -0.468 e. The number of furan rings is 1. The second-order valence-electron chi connectivity index (χ2n) is 7.10. The molecule has 2 aromatic rings. The number of hydrogen-bond acceptors (Lipinski definition) is 7. The minimum atomic E-state index is -0.760. The number of esters is 1. The maximum atomic E-state index is 12.7. The lowest BCUT2D eigenvalue weighted by Crippen LogP contribution is -2.29. The molecule has 1 aromatic carbocycles. The highest BCUT2D eigenvalue weighted by Gasteiger charge is 2.37. The summed E-state index contributed by atoms with van der Waals surface area (Å²) in [6, 6.07) is 10.8. The Morgan fingerprint density at radius 1 is 1.36 bits per heavy atom. The lowest BCUT2D eigenvalue weighted by atomic mass is 9.86. The summed E-state index contributed by atoms with van der Waals surface area (Å²) in [6.07, 6.45) is 2.94. The Bertz CT molecular complexity index is 1180. The first-order valence-electron chi connectivity index (χ1n) is 9.98. The van der Waals surface area contributed by atoms with Crippen LogP contribution in [-0.4, -0.2) is 24.2 Å². The van der Waals surface area contributed by atoms with Crippen LogP contribution >= 0.6 is 23.4 Å². The molecule has 1 aromatic heterocycles. The number of allylic oxidation sites excluding steroid dienone is 2. The van der Waals surface area contributed by atoms with Gasteiger partial charge in [-0.25, -0.2) is 4.79 Å². The first kappa shape index (κ1) is 24.2. The van der Waals surface area contributed by atoms with Crippen molar-refractivity contribution >= 4 is 40.9 Å². The lowest BCUT2D eigenvalue weighted by molar-refractivity contribution is -0.138. The molecule has 0 saturated carbocycles. The Kier molecular flexibility index (Phi) is 8.04. The molecule has 1 aliphatic heterocycles. The van der Waals surface area contributed by atoms with Crippen molar-refractivity contribution in [2.24, 2.45) is 0 Å². The molecule has 0 fully saturated rings. The number of dihydropyridines is 1. The highest BCUT2D eigenvalue weighted by molar-refractivity contribution is 8.03. The van der Waals surface area contributed by atoms with E-state index in [0.29, 0.717) is 27.2 Å². The van der Waals surface area contributed by atoms with Crippen molar-refractivity contribution in [1.29, 1.82) is 5.26 Å². The average Bonchev–Trinajstić information content (AvgIpc) is 3.33. The number of nitriles is 1. The average molecular weight is 484 g/mol. The fraction of sp³-hybridized carbons (Fsp3) is 0.208. The fourth-order valence-electron chi connectivity index (χ4n) is 3.32. The second kappa shape index (κ2) is 10.9. The number of nitrogens with zero attached hydrogens (tertiary/aromatic N) is 1. The standard InChI is InChI=1S/C24H22ClN3O4S/c1-4-10-32-24(30)21-15(3)27-23(16(12-26)22(21)19-9-6-11-31-19)33-13-20(29)28-18-8-5-7-17(25)14(18)2/h4-9,11,22,27H,1,10,13H2,2-3H3,(H,28,29)/t22-/m1/s1. The zero-order chi connectivity index (χ0) is 24.0. The van der Waals surface area contributed by atoms with Crippen LogP contribution in [0.1, 0.15) is 24.2 Å². The van der Waals surface area contributed by atoms with Gasteiger partial charge in [-0.15, -0.1) is 0 Å². The highest BCUT2D eigenvalue weighted by atomic mass is 35.5. The maximum absolute atomic E-state index is 12.7. The van der Waals surface area contributed by atoms with Crippen LogP contribution in [0.5, 0.6) is 0 Å². The van der Waals surface area contributed by atoms with Gasteiger partial charge < -0.3 is 19.8 Å². The summed E-state index contributed by atoms with van der Waals surface area (Å²) in [5, 5.41) is 16.9. The SMILES string of the molecule is C=CCOC(=O)C1=C(C)NC(SCC(=O)Nc2cccc(Cl)c2C)=C(C#N)[C@@H]1c1ccco1. The van der Waals surface area contributed by atoms with Gasteiger partial charge in [0.1, 0.15) is 12.4 Å². The molecule has 33 heavy (non-hydrogen) atoms. The smallest absolute Gasteiger partial charge is 0.337 e. The molecule has 3 rings (SSSR count). The summed E-state index contributed by atoms with van der Waals surface area (Å²) in [4.78, 5) is 25.3. The molecule has 2 heterocycles. The van der Waals surface area contributed by atoms with Gasteiger partial charge in [0.05, 0.1) is 40.2 Å². The Hall–Kier alpha value is -3.41. The van der Waals surface area contributed by atoms with Gasteiger partial charge in [0.2, 0.25) is 5.91 Å². The number of carbonyl (C=O) groups is 2. The van der Waals surface area contributed by atoms with E-state index in [4.69, 9.17) is 20.8 Å². The molecule has 9 heteroatoms. The number of benzene rings is 1. The monoisotopic (exact) mass is 483 g/mol. The third-order valence-electron chi connectivity index (χ3n) is 4.92. The van der Waals surface area contributed by atoms with E-state index in [1.54, 1.807) is 37.3 Å². The van der Waals surface area contributed by atoms with Crippen LogP contribution in [0.15, 0.2) is 75.5 Å². The van der Waals surface area contributed by atoms with Crippen LogP contribution < -0.4 is 10.6 Å². The van der Waals surface area contributed by atoms with E-state index < -0.39 is 11.9 Å².